The average molecular weight is 133 g/mol. The van der Waals surface area contributed by atoms with Crippen LogP contribution in [0.15, 0.2) is 24.3 Å². The third-order valence-electron chi connectivity index (χ3n) is 1.59. The van der Waals surface area contributed by atoms with Crippen molar-refractivity contribution >= 4 is 11.4 Å². The van der Waals surface area contributed by atoms with Crippen molar-refractivity contribution in [3.8, 4) is 0 Å². The van der Waals surface area contributed by atoms with Gasteiger partial charge in [-0.2, -0.15) is 0 Å². The van der Waals surface area contributed by atoms with Crippen LogP contribution < -0.4 is 10.6 Å². The topological polar surface area (TPSA) is 24.1 Å². The number of hydrogen-bond acceptors (Lipinski definition) is 2. The fourth-order valence-electron chi connectivity index (χ4n) is 1.15. The molecule has 2 N–H and O–H groups in total. The molecule has 0 amide bonds. The van der Waals surface area contributed by atoms with Gasteiger partial charge in [0.15, 0.2) is 0 Å². The fourth-order valence-corrected chi connectivity index (χ4v) is 1.15. The maximum Gasteiger partial charge on any atom is 0.0966 e. The predicted molar refractivity (Wildman–Crippen MR) is 42.8 cm³/mol. The van der Waals surface area contributed by atoms with E-state index in [0.29, 0.717) is 0 Å². The Morgan fingerprint density at radius 3 is 2.10 bits per heavy atom. The molecule has 51 valence electrons. The maximum atomic E-state index is 3.83. The normalized spacial score (nSPS) is 15.7. The average Bonchev–Trinajstić information content (AvgIpc) is 2.27. The van der Waals surface area contributed by atoms with Gasteiger partial charge in [0.2, 0.25) is 0 Å². The van der Waals surface area contributed by atoms with E-state index in [1.54, 1.807) is 0 Å². The van der Waals surface area contributed by atoms with E-state index in [0.717, 1.165) is 11.4 Å². The summed E-state index contributed by atoms with van der Waals surface area (Å²) in [6, 6.07) is 8.08. The highest BCUT2D eigenvalue weighted by molar-refractivity contribution is 5.74. The van der Waals surface area contributed by atoms with Gasteiger partial charge in [0.1, 0.15) is 0 Å². The van der Waals surface area contributed by atoms with Crippen LogP contribution in [0.4, 0.5) is 11.4 Å². The zero-order valence-corrected chi connectivity index (χ0v) is 5.59. The molecule has 2 heteroatoms. The SMILES string of the molecule is [CH2]C1Nc2ccccc2N1. The molecule has 1 aromatic rings. The Bertz CT molecular complexity index is 220. The Balaban J connectivity index is 2.42. The molecule has 1 aromatic carbocycles. The highest BCUT2D eigenvalue weighted by Gasteiger charge is 2.12. The van der Waals surface area contributed by atoms with E-state index in [-0.39, 0.29) is 6.17 Å². The number of anilines is 2. The van der Waals surface area contributed by atoms with Gasteiger partial charge in [-0.15, -0.1) is 0 Å². The minimum absolute atomic E-state index is 0.123. The molecule has 1 aliphatic rings. The zero-order chi connectivity index (χ0) is 6.97. The van der Waals surface area contributed by atoms with E-state index in [4.69, 9.17) is 0 Å². The molecule has 1 radical (unpaired) electrons. The Morgan fingerprint density at radius 1 is 1.10 bits per heavy atom. The van der Waals surface area contributed by atoms with E-state index in [1.807, 2.05) is 24.3 Å². The summed E-state index contributed by atoms with van der Waals surface area (Å²) in [6.07, 6.45) is 0.123. The first-order valence-corrected chi connectivity index (χ1v) is 3.31. The van der Waals surface area contributed by atoms with Crippen molar-refractivity contribution < 1.29 is 0 Å². The molecule has 0 spiro atoms. The molecule has 2 rings (SSSR count). The molecule has 1 heterocycles. The van der Waals surface area contributed by atoms with Crippen LogP contribution in [0.25, 0.3) is 0 Å². The second-order valence-electron chi connectivity index (χ2n) is 2.39. The number of para-hydroxylation sites is 2. The van der Waals surface area contributed by atoms with Gasteiger partial charge in [0.25, 0.3) is 0 Å². The Morgan fingerprint density at radius 2 is 1.60 bits per heavy atom. The van der Waals surface area contributed by atoms with E-state index < -0.39 is 0 Å². The van der Waals surface area contributed by atoms with Gasteiger partial charge in [0.05, 0.1) is 17.5 Å². The van der Waals surface area contributed by atoms with Crippen molar-refractivity contribution in [3.63, 3.8) is 0 Å². The smallest absolute Gasteiger partial charge is 0.0966 e. The highest BCUT2D eigenvalue weighted by atomic mass is 15.2. The minimum Gasteiger partial charge on any atom is -0.364 e. The summed E-state index contributed by atoms with van der Waals surface area (Å²) in [5.74, 6) is 0. The van der Waals surface area contributed by atoms with E-state index in [9.17, 15) is 0 Å². The van der Waals surface area contributed by atoms with Gasteiger partial charge in [-0.05, 0) is 19.1 Å². The van der Waals surface area contributed by atoms with Crippen molar-refractivity contribution in [3.05, 3.63) is 31.2 Å². The second kappa shape index (κ2) is 1.90. The third-order valence-corrected chi connectivity index (χ3v) is 1.59. The first-order valence-electron chi connectivity index (χ1n) is 3.31. The van der Waals surface area contributed by atoms with Crippen molar-refractivity contribution in [1.82, 2.24) is 0 Å². The van der Waals surface area contributed by atoms with Gasteiger partial charge in [0, 0.05) is 0 Å². The molecule has 0 fully saturated rings. The Hall–Kier alpha value is -1.18. The van der Waals surface area contributed by atoms with Crippen molar-refractivity contribution in [2.75, 3.05) is 10.6 Å². The monoisotopic (exact) mass is 133 g/mol. The summed E-state index contributed by atoms with van der Waals surface area (Å²) < 4.78 is 0. The molecule has 0 atom stereocenters. The van der Waals surface area contributed by atoms with Crippen LogP contribution in [0.1, 0.15) is 0 Å². The van der Waals surface area contributed by atoms with Gasteiger partial charge < -0.3 is 10.6 Å². The van der Waals surface area contributed by atoms with Crippen LogP contribution in [0.3, 0.4) is 0 Å². The number of hydrogen-bond donors (Lipinski definition) is 2. The Kier molecular flexibility index (Phi) is 1.07. The molecule has 1 aliphatic heterocycles. The molecule has 0 aromatic heterocycles. The standard InChI is InChI=1S/C8H9N2/c1-6-9-7-4-2-3-5-8(7)10-6/h2-6,9-10H,1H2. The van der Waals surface area contributed by atoms with Crippen molar-refractivity contribution in [1.29, 1.82) is 0 Å². The van der Waals surface area contributed by atoms with Crippen molar-refractivity contribution in [2.24, 2.45) is 0 Å². The number of benzene rings is 1. The fraction of sp³-hybridized carbons (Fsp3) is 0.125. The summed E-state index contributed by atoms with van der Waals surface area (Å²) in [6.45, 7) is 3.83. The lowest BCUT2D eigenvalue weighted by Gasteiger charge is -2.01. The van der Waals surface area contributed by atoms with E-state index in [2.05, 4.69) is 17.6 Å². The molecule has 10 heavy (non-hydrogen) atoms. The van der Waals surface area contributed by atoms with Gasteiger partial charge in [-0.3, -0.25) is 0 Å². The molecule has 0 aliphatic carbocycles. The first kappa shape index (κ1) is 5.59. The maximum absolute atomic E-state index is 3.83. The number of nitrogens with one attached hydrogen (secondary N) is 2. The zero-order valence-electron chi connectivity index (χ0n) is 5.59. The summed E-state index contributed by atoms with van der Waals surface area (Å²) >= 11 is 0. The van der Waals surface area contributed by atoms with E-state index in [1.165, 1.54) is 0 Å². The van der Waals surface area contributed by atoms with Crippen LogP contribution in [0, 0.1) is 6.92 Å². The van der Waals surface area contributed by atoms with Crippen LogP contribution in [0.2, 0.25) is 0 Å². The molecule has 0 saturated carbocycles. The summed E-state index contributed by atoms with van der Waals surface area (Å²) in [5, 5.41) is 6.35. The van der Waals surface area contributed by atoms with Crippen LogP contribution in [-0.4, -0.2) is 6.17 Å². The summed E-state index contributed by atoms with van der Waals surface area (Å²) in [5.41, 5.74) is 2.28. The molecule has 0 unspecified atom stereocenters. The van der Waals surface area contributed by atoms with Gasteiger partial charge in [-0.1, -0.05) is 12.1 Å². The lowest BCUT2D eigenvalue weighted by Crippen LogP contribution is -2.16. The summed E-state index contributed by atoms with van der Waals surface area (Å²) in [7, 11) is 0. The third kappa shape index (κ3) is 0.727. The lowest BCUT2D eigenvalue weighted by molar-refractivity contribution is 1.06. The van der Waals surface area contributed by atoms with Crippen LogP contribution >= 0.6 is 0 Å². The van der Waals surface area contributed by atoms with Crippen LogP contribution in [-0.2, 0) is 0 Å². The molecule has 2 nitrogen and oxygen atoms in total. The minimum atomic E-state index is 0.123. The number of fused-ring (bicyclic) bond motifs is 1. The molecular formula is C8H9N2. The van der Waals surface area contributed by atoms with E-state index >= 15 is 0 Å². The lowest BCUT2D eigenvalue weighted by atomic mass is 10.3. The van der Waals surface area contributed by atoms with Gasteiger partial charge in [-0.25, -0.2) is 0 Å². The number of rotatable bonds is 0. The van der Waals surface area contributed by atoms with Crippen LogP contribution in [0.5, 0.6) is 0 Å². The molecular weight excluding hydrogens is 124 g/mol. The predicted octanol–water partition coefficient (Wildman–Crippen LogP) is 1.68. The second-order valence-corrected chi connectivity index (χ2v) is 2.39. The molecule has 0 saturated heterocycles. The van der Waals surface area contributed by atoms with Gasteiger partial charge >= 0.3 is 0 Å². The first-order chi connectivity index (χ1) is 4.86. The molecule has 0 bridgehead atoms. The van der Waals surface area contributed by atoms with Crippen molar-refractivity contribution in [2.45, 2.75) is 6.17 Å². The summed E-state index contributed by atoms with van der Waals surface area (Å²) in [4.78, 5) is 0. The largest absolute Gasteiger partial charge is 0.364 e. The highest BCUT2D eigenvalue weighted by Crippen LogP contribution is 2.27. The Labute approximate surface area is 60.3 Å². The quantitative estimate of drug-likeness (QED) is 0.562.